The van der Waals surface area contributed by atoms with E-state index in [1.165, 1.54) is 5.82 Å². The average molecular weight is 296 g/mol. The maximum Gasteiger partial charge on any atom is 0.136 e. The normalized spacial score (nSPS) is 9.55. The predicted molar refractivity (Wildman–Crippen MR) is 89.6 cm³/mol. The maximum absolute atomic E-state index is 8.96. The number of rotatable bonds is 6. The van der Waals surface area contributed by atoms with Gasteiger partial charge in [0, 0.05) is 36.6 Å². The standard InChI is InChI=1S/C18H24N4/c1-5-21(6-2)18(22(7-3)8-4)16-11-9-15(10-12-16)17(13-19)14-20/h9-12H,5-8H2,1-4H3. The van der Waals surface area contributed by atoms with E-state index in [9.17, 15) is 0 Å². The molecule has 0 aliphatic rings. The van der Waals surface area contributed by atoms with Crippen molar-refractivity contribution in [2.75, 3.05) is 26.2 Å². The van der Waals surface area contributed by atoms with Gasteiger partial charge in [-0.25, -0.2) is 0 Å². The van der Waals surface area contributed by atoms with Gasteiger partial charge in [0.25, 0.3) is 0 Å². The lowest BCUT2D eigenvalue weighted by Crippen LogP contribution is -2.38. The molecule has 1 rings (SSSR count). The molecule has 0 saturated heterocycles. The van der Waals surface area contributed by atoms with E-state index in [0.717, 1.165) is 31.4 Å². The Balaban J connectivity index is 3.58. The molecule has 0 aromatic heterocycles. The Morgan fingerprint density at radius 2 is 1.14 bits per heavy atom. The van der Waals surface area contributed by atoms with E-state index >= 15 is 0 Å². The van der Waals surface area contributed by atoms with E-state index in [4.69, 9.17) is 10.5 Å². The highest BCUT2D eigenvalue weighted by molar-refractivity contribution is 5.72. The van der Waals surface area contributed by atoms with Crippen LogP contribution in [0.4, 0.5) is 0 Å². The van der Waals surface area contributed by atoms with E-state index in [1.54, 1.807) is 0 Å². The Hall–Kier alpha value is -2.46. The summed E-state index contributed by atoms with van der Waals surface area (Å²) in [5, 5.41) is 19.7. The quantitative estimate of drug-likeness (QED) is 0.801. The molecule has 0 aliphatic carbocycles. The molecule has 0 saturated carbocycles. The van der Waals surface area contributed by atoms with E-state index in [1.807, 2.05) is 36.4 Å². The summed E-state index contributed by atoms with van der Waals surface area (Å²) in [7, 11) is 0. The lowest BCUT2D eigenvalue weighted by Gasteiger charge is -2.33. The molecule has 0 N–H and O–H groups in total. The highest BCUT2D eigenvalue weighted by Crippen LogP contribution is 2.09. The van der Waals surface area contributed by atoms with Crippen molar-refractivity contribution < 1.29 is 0 Å². The van der Waals surface area contributed by atoms with Crippen molar-refractivity contribution in [3.63, 3.8) is 0 Å². The van der Waals surface area contributed by atoms with Crippen LogP contribution in [0.5, 0.6) is 0 Å². The van der Waals surface area contributed by atoms with Gasteiger partial charge in [-0.2, -0.15) is 10.5 Å². The number of nitriles is 2. The summed E-state index contributed by atoms with van der Waals surface area (Å²) in [4.78, 5) is 4.67. The maximum atomic E-state index is 8.96. The Kier molecular flexibility index (Phi) is 6.99. The molecular formula is C18H24N4. The van der Waals surface area contributed by atoms with Crippen LogP contribution < -0.4 is 10.4 Å². The molecule has 22 heavy (non-hydrogen) atoms. The van der Waals surface area contributed by atoms with E-state index < -0.39 is 0 Å². The first-order valence-electron chi connectivity index (χ1n) is 7.81. The fraction of sp³-hybridized carbons (Fsp3) is 0.444. The van der Waals surface area contributed by atoms with Crippen LogP contribution in [0.2, 0.25) is 0 Å². The molecule has 0 atom stereocenters. The highest BCUT2D eigenvalue weighted by atomic mass is 15.3. The van der Waals surface area contributed by atoms with Gasteiger partial charge in [-0.1, -0.05) is 24.3 Å². The molecule has 4 heteroatoms. The second kappa shape index (κ2) is 8.74. The second-order valence-corrected chi connectivity index (χ2v) is 4.84. The van der Waals surface area contributed by atoms with Gasteiger partial charge in [0.2, 0.25) is 0 Å². The van der Waals surface area contributed by atoms with Crippen molar-refractivity contribution in [2.24, 2.45) is 0 Å². The molecule has 1 aromatic rings. The van der Waals surface area contributed by atoms with Crippen LogP contribution in [-0.2, 0) is 0 Å². The minimum atomic E-state index is 0.152. The number of nitrogens with zero attached hydrogens (tertiary/aromatic N) is 4. The molecule has 0 aliphatic heterocycles. The molecular weight excluding hydrogens is 272 g/mol. The van der Waals surface area contributed by atoms with Crippen LogP contribution in [0.3, 0.4) is 0 Å². The molecule has 0 spiro atoms. The minimum absolute atomic E-state index is 0.152. The zero-order valence-electron chi connectivity index (χ0n) is 13.9. The fourth-order valence-electron chi connectivity index (χ4n) is 2.55. The number of benzene rings is 1. The molecule has 0 fully saturated rings. The van der Waals surface area contributed by atoms with Gasteiger partial charge < -0.3 is 9.80 Å². The van der Waals surface area contributed by atoms with E-state index in [2.05, 4.69) is 37.5 Å². The fourth-order valence-corrected chi connectivity index (χ4v) is 2.55. The molecule has 0 unspecified atom stereocenters. The molecule has 0 bridgehead atoms. The van der Waals surface area contributed by atoms with E-state index in [0.29, 0.717) is 5.22 Å². The number of hydrogen-bond acceptors (Lipinski definition) is 4. The van der Waals surface area contributed by atoms with Crippen LogP contribution in [0.15, 0.2) is 24.3 Å². The summed E-state index contributed by atoms with van der Waals surface area (Å²) in [5.41, 5.74) is 0.152. The third kappa shape index (κ3) is 3.80. The van der Waals surface area contributed by atoms with Crippen LogP contribution in [0, 0.1) is 22.7 Å². The number of hydrogen-bond donors (Lipinski definition) is 0. The van der Waals surface area contributed by atoms with Crippen LogP contribution in [-0.4, -0.2) is 36.0 Å². The van der Waals surface area contributed by atoms with Crippen molar-refractivity contribution in [2.45, 2.75) is 27.7 Å². The van der Waals surface area contributed by atoms with Crippen molar-refractivity contribution in [3.05, 3.63) is 34.7 Å². The minimum Gasteiger partial charge on any atom is -0.358 e. The predicted octanol–water partition coefficient (Wildman–Crippen LogP) is 1.63. The van der Waals surface area contributed by atoms with Crippen molar-refractivity contribution in [3.8, 4) is 12.1 Å². The van der Waals surface area contributed by atoms with Crippen LogP contribution >= 0.6 is 0 Å². The summed E-state index contributed by atoms with van der Waals surface area (Å²) in [6.07, 6.45) is 0. The SMILES string of the molecule is CCN(CC)C(=c1ccc(=C(C#N)C#N)cc1)N(CC)CC. The summed E-state index contributed by atoms with van der Waals surface area (Å²) >= 11 is 0. The lowest BCUT2D eigenvalue weighted by atomic mass is 10.1. The van der Waals surface area contributed by atoms with Gasteiger partial charge in [-0.15, -0.1) is 0 Å². The summed E-state index contributed by atoms with van der Waals surface area (Å²) < 4.78 is 0. The molecule has 4 nitrogen and oxygen atoms in total. The zero-order valence-corrected chi connectivity index (χ0v) is 13.9. The summed E-state index contributed by atoms with van der Waals surface area (Å²) in [6.45, 7) is 12.4. The first-order chi connectivity index (χ1) is 10.7. The van der Waals surface area contributed by atoms with Gasteiger partial charge in [0.05, 0.1) is 0 Å². The molecule has 116 valence electrons. The summed E-state index contributed by atoms with van der Waals surface area (Å²) in [6, 6.07) is 11.6. The zero-order chi connectivity index (χ0) is 16.5. The first kappa shape index (κ1) is 17.6. The second-order valence-electron chi connectivity index (χ2n) is 4.84. The smallest absolute Gasteiger partial charge is 0.136 e. The summed E-state index contributed by atoms with van der Waals surface area (Å²) in [5.74, 6) is 1.21. The third-order valence-corrected chi connectivity index (χ3v) is 3.78. The average Bonchev–Trinajstić information content (AvgIpc) is 2.57. The monoisotopic (exact) mass is 296 g/mol. The Morgan fingerprint density at radius 1 is 0.773 bits per heavy atom. The Morgan fingerprint density at radius 3 is 1.45 bits per heavy atom. The topological polar surface area (TPSA) is 54.1 Å². The molecule has 1 aromatic carbocycles. The van der Waals surface area contributed by atoms with Gasteiger partial charge in [0.1, 0.15) is 23.5 Å². The van der Waals surface area contributed by atoms with Crippen LogP contribution in [0.1, 0.15) is 27.7 Å². The van der Waals surface area contributed by atoms with Crippen molar-refractivity contribution in [1.29, 1.82) is 10.5 Å². The third-order valence-electron chi connectivity index (χ3n) is 3.78. The Labute approximate surface area is 133 Å². The van der Waals surface area contributed by atoms with Gasteiger partial charge in [-0.05, 0) is 27.7 Å². The highest BCUT2D eigenvalue weighted by Gasteiger charge is 2.12. The molecule has 0 radical (unpaired) electrons. The van der Waals surface area contributed by atoms with Gasteiger partial charge in [0.15, 0.2) is 0 Å². The molecule has 0 heterocycles. The lowest BCUT2D eigenvalue weighted by molar-refractivity contribution is 0.307. The van der Waals surface area contributed by atoms with Crippen molar-refractivity contribution >= 4 is 11.4 Å². The Bertz CT molecular complexity index is 630. The van der Waals surface area contributed by atoms with Gasteiger partial charge >= 0.3 is 0 Å². The van der Waals surface area contributed by atoms with Gasteiger partial charge in [-0.3, -0.25) is 0 Å². The van der Waals surface area contributed by atoms with Crippen LogP contribution in [0.25, 0.3) is 11.4 Å². The van der Waals surface area contributed by atoms with E-state index in [-0.39, 0.29) is 5.57 Å². The first-order valence-corrected chi connectivity index (χ1v) is 7.81. The van der Waals surface area contributed by atoms with Crippen molar-refractivity contribution in [1.82, 2.24) is 9.80 Å². The molecule has 0 amide bonds. The largest absolute Gasteiger partial charge is 0.358 e.